The summed E-state index contributed by atoms with van der Waals surface area (Å²) < 4.78 is 1.64. The summed E-state index contributed by atoms with van der Waals surface area (Å²) in [5, 5.41) is 19.0. The van der Waals surface area contributed by atoms with Gasteiger partial charge in [0.15, 0.2) is 0 Å². The highest BCUT2D eigenvalue weighted by atomic mass is 79.9. The van der Waals surface area contributed by atoms with Crippen LogP contribution in [0, 0.1) is 24.0 Å². The third-order valence-corrected chi connectivity index (χ3v) is 3.35. The Kier molecular flexibility index (Phi) is 3.66. The van der Waals surface area contributed by atoms with E-state index in [0.29, 0.717) is 5.56 Å². The van der Waals surface area contributed by atoms with Gasteiger partial charge in [-0.05, 0) is 32.4 Å². The third-order valence-electron chi connectivity index (χ3n) is 2.88. The van der Waals surface area contributed by atoms with Crippen LogP contribution in [0.25, 0.3) is 5.69 Å². The lowest BCUT2D eigenvalue weighted by Crippen LogP contribution is -2.01. The van der Waals surface area contributed by atoms with Gasteiger partial charge < -0.3 is 0 Å². The quantitative estimate of drug-likeness (QED) is 0.493. The smallest absolute Gasteiger partial charge is 0.258 e. The van der Waals surface area contributed by atoms with Gasteiger partial charge in [-0.15, -0.1) is 5.10 Å². The van der Waals surface area contributed by atoms with Crippen molar-refractivity contribution in [3.8, 4) is 5.69 Å². The van der Waals surface area contributed by atoms with Crippen LogP contribution in [-0.2, 0) is 0 Å². The normalized spacial score (nSPS) is 12.4. The zero-order valence-electron chi connectivity index (χ0n) is 10.8. The first-order valence-corrected chi connectivity index (χ1v) is 6.64. The van der Waals surface area contributed by atoms with E-state index in [9.17, 15) is 10.1 Å². The largest absolute Gasteiger partial charge is 0.272 e. The number of aromatic nitrogens is 3. The number of rotatable bonds is 3. The number of halogens is 1. The Bertz CT molecular complexity index is 637. The summed E-state index contributed by atoms with van der Waals surface area (Å²) in [4.78, 5) is 10.6. The average Bonchev–Trinajstić information content (AvgIpc) is 2.80. The first kappa shape index (κ1) is 13.7. The van der Waals surface area contributed by atoms with Crippen molar-refractivity contribution in [2.45, 2.75) is 25.6 Å². The van der Waals surface area contributed by atoms with Crippen LogP contribution in [-0.4, -0.2) is 19.9 Å². The number of nitro groups is 1. The van der Waals surface area contributed by atoms with Crippen molar-refractivity contribution in [1.82, 2.24) is 15.0 Å². The summed E-state index contributed by atoms with van der Waals surface area (Å²) in [6.45, 7) is 5.50. The molecule has 0 aliphatic carbocycles. The van der Waals surface area contributed by atoms with Crippen molar-refractivity contribution in [1.29, 1.82) is 0 Å². The number of benzene rings is 1. The summed E-state index contributed by atoms with van der Waals surface area (Å²) in [5.41, 5.74) is 3.13. The van der Waals surface area contributed by atoms with Crippen LogP contribution in [0.1, 0.15) is 28.6 Å². The molecule has 19 heavy (non-hydrogen) atoms. The van der Waals surface area contributed by atoms with Crippen LogP contribution < -0.4 is 0 Å². The molecular formula is C12H13BrN4O2. The van der Waals surface area contributed by atoms with Crippen LogP contribution in [0.3, 0.4) is 0 Å². The molecule has 0 N–H and O–H groups in total. The summed E-state index contributed by atoms with van der Waals surface area (Å²) in [7, 11) is 0. The van der Waals surface area contributed by atoms with Gasteiger partial charge in [-0.25, -0.2) is 4.68 Å². The van der Waals surface area contributed by atoms with E-state index in [1.807, 2.05) is 20.0 Å². The second kappa shape index (κ2) is 5.08. The fourth-order valence-electron chi connectivity index (χ4n) is 1.81. The molecule has 0 bridgehead atoms. The Morgan fingerprint density at radius 2 is 2.05 bits per heavy atom. The molecule has 100 valence electrons. The van der Waals surface area contributed by atoms with Gasteiger partial charge >= 0.3 is 0 Å². The van der Waals surface area contributed by atoms with Gasteiger partial charge in [0.05, 0.1) is 27.3 Å². The summed E-state index contributed by atoms with van der Waals surface area (Å²) in [6, 6.07) is 3.31. The molecule has 1 aromatic carbocycles. The topological polar surface area (TPSA) is 73.8 Å². The highest BCUT2D eigenvalue weighted by Crippen LogP contribution is 2.26. The van der Waals surface area contributed by atoms with Crippen LogP contribution in [0.15, 0.2) is 18.3 Å². The molecule has 1 heterocycles. The minimum absolute atomic E-state index is 0.112. The highest BCUT2D eigenvalue weighted by molar-refractivity contribution is 9.09. The number of alkyl halides is 1. The van der Waals surface area contributed by atoms with E-state index >= 15 is 0 Å². The van der Waals surface area contributed by atoms with E-state index in [0.717, 1.165) is 16.9 Å². The van der Waals surface area contributed by atoms with E-state index in [1.165, 1.54) is 0 Å². The molecule has 2 aromatic rings. The van der Waals surface area contributed by atoms with E-state index in [1.54, 1.807) is 23.7 Å². The minimum Gasteiger partial charge on any atom is -0.258 e. The van der Waals surface area contributed by atoms with Gasteiger partial charge in [0, 0.05) is 11.6 Å². The number of nitro benzene ring substituents is 1. The Balaban J connectivity index is 2.50. The van der Waals surface area contributed by atoms with Crippen molar-refractivity contribution >= 4 is 21.6 Å². The molecule has 0 aliphatic rings. The maximum Gasteiger partial charge on any atom is 0.272 e. The maximum atomic E-state index is 10.9. The van der Waals surface area contributed by atoms with Crippen molar-refractivity contribution in [3.05, 3.63) is 45.3 Å². The molecule has 0 aliphatic heterocycles. The fourth-order valence-corrected chi connectivity index (χ4v) is 2.02. The number of nitrogens with zero attached hydrogens (tertiary/aromatic N) is 4. The molecule has 1 atom stereocenters. The monoisotopic (exact) mass is 324 g/mol. The maximum absolute atomic E-state index is 10.9. The Labute approximate surface area is 118 Å². The first-order chi connectivity index (χ1) is 8.90. The van der Waals surface area contributed by atoms with Gasteiger partial charge in [-0.1, -0.05) is 21.1 Å². The third kappa shape index (κ3) is 2.65. The molecule has 0 radical (unpaired) electrons. The molecule has 0 fully saturated rings. The van der Waals surface area contributed by atoms with E-state index in [-0.39, 0.29) is 15.4 Å². The number of hydrogen-bond donors (Lipinski definition) is 0. The second-order valence-corrected chi connectivity index (χ2v) is 5.76. The Morgan fingerprint density at radius 3 is 2.58 bits per heavy atom. The molecule has 6 nitrogen and oxygen atoms in total. The highest BCUT2D eigenvalue weighted by Gasteiger charge is 2.15. The van der Waals surface area contributed by atoms with E-state index in [4.69, 9.17) is 0 Å². The van der Waals surface area contributed by atoms with Crippen molar-refractivity contribution < 1.29 is 4.92 Å². The lowest BCUT2D eigenvalue weighted by atomic mass is 10.1. The second-order valence-electron chi connectivity index (χ2n) is 4.39. The van der Waals surface area contributed by atoms with E-state index < -0.39 is 0 Å². The molecular weight excluding hydrogens is 312 g/mol. The van der Waals surface area contributed by atoms with Gasteiger partial charge in [-0.2, -0.15) is 0 Å². The van der Waals surface area contributed by atoms with Gasteiger partial charge in [0.2, 0.25) is 0 Å². The van der Waals surface area contributed by atoms with Crippen LogP contribution in [0.2, 0.25) is 0 Å². The zero-order chi connectivity index (χ0) is 14.2. The van der Waals surface area contributed by atoms with Crippen LogP contribution >= 0.6 is 15.9 Å². The van der Waals surface area contributed by atoms with Crippen molar-refractivity contribution in [2.75, 3.05) is 0 Å². The Hall–Kier alpha value is -1.76. The summed E-state index contributed by atoms with van der Waals surface area (Å²) in [6.07, 6.45) is 1.81. The Morgan fingerprint density at radius 1 is 1.37 bits per heavy atom. The van der Waals surface area contributed by atoms with Gasteiger partial charge in [-0.3, -0.25) is 10.1 Å². The van der Waals surface area contributed by atoms with Crippen molar-refractivity contribution in [2.24, 2.45) is 0 Å². The van der Waals surface area contributed by atoms with Crippen LogP contribution in [0.5, 0.6) is 0 Å². The molecule has 7 heteroatoms. The van der Waals surface area contributed by atoms with Crippen molar-refractivity contribution in [3.63, 3.8) is 0 Å². The molecule has 0 amide bonds. The molecule has 0 spiro atoms. The molecule has 1 unspecified atom stereocenters. The molecule has 0 saturated heterocycles. The van der Waals surface area contributed by atoms with E-state index in [2.05, 4.69) is 26.2 Å². The SMILES string of the molecule is Cc1cc([N+](=O)[O-])c(C)cc1-n1cc(C(C)Br)nn1. The van der Waals surface area contributed by atoms with Gasteiger partial charge in [0.1, 0.15) is 0 Å². The lowest BCUT2D eigenvalue weighted by molar-refractivity contribution is -0.385. The average molecular weight is 325 g/mol. The number of hydrogen-bond acceptors (Lipinski definition) is 4. The zero-order valence-corrected chi connectivity index (χ0v) is 12.4. The lowest BCUT2D eigenvalue weighted by Gasteiger charge is -2.07. The molecule has 2 rings (SSSR count). The summed E-state index contributed by atoms with van der Waals surface area (Å²) in [5.74, 6) is 0. The molecule has 1 aromatic heterocycles. The van der Waals surface area contributed by atoms with Crippen LogP contribution in [0.4, 0.5) is 5.69 Å². The minimum atomic E-state index is -0.376. The predicted molar refractivity (Wildman–Crippen MR) is 74.8 cm³/mol. The summed E-state index contributed by atoms with van der Waals surface area (Å²) >= 11 is 3.43. The predicted octanol–water partition coefficient (Wildman–Crippen LogP) is 3.25. The fraction of sp³-hybridized carbons (Fsp3) is 0.333. The first-order valence-electron chi connectivity index (χ1n) is 5.72. The number of aryl methyl sites for hydroxylation is 2. The molecule has 0 saturated carbocycles. The standard InChI is InChI=1S/C12H13BrN4O2/c1-7-5-12(17(18)19)8(2)4-11(7)16-6-10(9(3)13)14-15-16/h4-6,9H,1-3H3. The van der Waals surface area contributed by atoms with Gasteiger partial charge in [0.25, 0.3) is 5.69 Å².